The Kier molecular flexibility index (Phi) is 4.81. The molecule has 1 aromatic carbocycles. The predicted molar refractivity (Wildman–Crippen MR) is 76.1 cm³/mol. The number of benzene rings is 1. The van der Waals surface area contributed by atoms with E-state index < -0.39 is 0 Å². The Hall–Kier alpha value is -1.53. The van der Waals surface area contributed by atoms with Gasteiger partial charge in [-0.25, -0.2) is 0 Å². The second-order valence-electron chi connectivity index (χ2n) is 5.54. The van der Waals surface area contributed by atoms with Crippen molar-refractivity contribution in [2.75, 3.05) is 19.7 Å². The van der Waals surface area contributed by atoms with Gasteiger partial charge in [-0.2, -0.15) is 5.26 Å². The third-order valence-corrected chi connectivity index (χ3v) is 3.75. The molecule has 1 aliphatic heterocycles. The topological polar surface area (TPSA) is 36.3 Å². The molecular weight excluding hydrogens is 236 g/mol. The van der Waals surface area contributed by atoms with Crippen LogP contribution in [0.3, 0.4) is 0 Å². The molecule has 1 unspecified atom stereocenters. The lowest BCUT2D eigenvalue weighted by molar-refractivity contribution is 0.107. The van der Waals surface area contributed by atoms with Crippen LogP contribution in [0, 0.1) is 17.2 Å². The smallest absolute Gasteiger partial charge is 0.119 e. The summed E-state index contributed by atoms with van der Waals surface area (Å²) in [4.78, 5) is 2.52. The van der Waals surface area contributed by atoms with Gasteiger partial charge in [0.2, 0.25) is 0 Å². The molecule has 0 aliphatic carbocycles. The van der Waals surface area contributed by atoms with Crippen molar-refractivity contribution in [2.45, 2.75) is 32.7 Å². The number of ether oxygens (including phenoxy) is 1. The van der Waals surface area contributed by atoms with Crippen molar-refractivity contribution in [3.8, 4) is 11.8 Å². The molecule has 0 saturated carbocycles. The molecule has 0 aromatic heterocycles. The largest absolute Gasteiger partial charge is 0.493 e. The SMILES string of the molecule is CC(C)N1CCCC(COc2ccc(C#N)cc2)C1. The molecule has 3 nitrogen and oxygen atoms in total. The standard InChI is InChI=1S/C16H22N2O/c1-13(2)18-9-3-4-15(11-18)12-19-16-7-5-14(10-17)6-8-16/h5-8,13,15H,3-4,9,11-12H2,1-2H3. The first-order valence-corrected chi connectivity index (χ1v) is 7.06. The van der Waals surface area contributed by atoms with Gasteiger partial charge in [-0.05, 0) is 57.5 Å². The molecule has 0 spiro atoms. The van der Waals surface area contributed by atoms with E-state index in [1.165, 1.54) is 19.4 Å². The first-order chi connectivity index (χ1) is 9.19. The van der Waals surface area contributed by atoms with Gasteiger partial charge in [0.25, 0.3) is 0 Å². The van der Waals surface area contributed by atoms with Crippen molar-refractivity contribution >= 4 is 0 Å². The first kappa shape index (κ1) is 13.9. The average molecular weight is 258 g/mol. The molecule has 0 radical (unpaired) electrons. The molecule has 1 aromatic rings. The van der Waals surface area contributed by atoms with E-state index in [2.05, 4.69) is 24.8 Å². The van der Waals surface area contributed by atoms with Crippen molar-refractivity contribution in [1.29, 1.82) is 5.26 Å². The van der Waals surface area contributed by atoms with Crippen LogP contribution in [0.25, 0.3) is 0 Å². The third-order valence-electron chi connectivity index (χ3n) is 3.75. The van der Waals surface area contributed by atoms with Crippen LogP contribution < -0.4 is 4.74 Å². The summed E-state index contributed by atoms with van der Waals surface area (Å²) in [6.07, 6.45) is 2.51. The highest BCUT2D eigenvalue weighted by Crippen LogP contribution is 2.20. The quantitative estimate of drug-likeness (QED) is 0.832. The molecule has 0 amide bonds. The Morgan fingerprint density at radius 3 is 2.74 bits per heavy atom. The zero-order valence-corrected chi connectivity index (χ0v) is 11.8. The van der Waals surface area contributed by atoms with Gasteiger partial charge >= 0.3 is 0 Å². The molecule has 102 valence electrons. The summed E-state index contributed by atoms with van der Waals surface area (Å²) in [6, 6.07) is 10.1. The van der Waals surface area contributed by atoms with Crippen molar-refractivity contribution in [1.82, 2.24) is 4.90 Å². The van der Waals surface area contributed by atoms with E-state index in [9.17, 15) is 0 Å². The maximum atomic E-state index is 8.75. The fourth-order valence-electron chi connectivity index (χ4n) is 2.54. The Balaban J connectivity index is 1.83. The van der Waals surface area contributed by atoms with E-state index in [0.717, 1.165) is 18.9 Å². The number of nitrogens with zero attached hydrogens (tertiary/aromatic N) is 2. The van der Waals surface area contributed by atoms with E-state index in [1.807, 2.05) is 12.1 Å². The van der Waals surface area contributed by atoms with Gasteiger partial charge in [-0.1, -0.05) is 0 Å². The molecule has 1 saturated heterocycles. The van der Waals surface area contributed by atoms with E-state index in [1.54, 1.807) is 12.1 Å². The van der Waals surface area contributed by atoms with Gasteiger partial charge < -0.3 is 9.64 Å². The molecule has 3 heteroatoms. The summed E-state index contributed by atoms with van der Waals surface area (Å²) in [5.41, 5.74) is 0.677. The van der Waals surface area contributed by atoms with Gasteiger partial charge in [0.15, 0.2) is 0 Å². The molecule has 2 rings (SSSR count). The van der Waals surface area contributed by atoms with Crippen LogP contribution in [0.4, 0.5) is 0 Å². The number of hydrogen-bond donors (Lipinski definition) is 0. The van der Waals surface area contributed by atoms with E-state index in [-0.39, 0.29) is 0 Å². The summed E-state index contributed by atoms with van der Waals surface area (Å²) in [5, 5.41) is 8.75. The third kappa shape index (κ3) is 3.97. The molecule has 0 bridgehead atoms. The highest BCUT2D eigenvalue weighted by Gasteiger charge is 2.21. The lowest BCUT2D eigenvalue weighted by atomic mass is 9.98. The van der Waals surface area contributed by atoms with Crippen molar-refractivity contribution < 1.29 is 4.74 Å². The lowest BCUT2D eigenvalue weighted by Gasteiger charge is -2.35. The number of nitriles is 1. The first-order valence-electron chi connectivity index (χ1n) is 7.06. The number of likely N-dealkylation sites (tertiary alicyclic amines) is 1. The minimum atomic E-state index is 0.617. The van der Waals surface area contributed by atoms with Crippen LogP contribution in [0.15, 0.2) is 24.3 Å². The van der Waals surface area contributed by atoms with Gasteiger partial charge in [-0.15, -0.1) is 0 Å². The zero-order valence-electron chi connectivity index (χ0n) is 11.8. The van der Waals surface area contributed by atoms with Crippen LogP contribution in [-0.4, -0.2) is 30.6 Å². The zero-order chi connectivity index (χ0) is 13.7. The molecule has 0 N–H and O–H groups in total. The minimum Gasteiger partial charge on any atom is -0.493 e. The Labute approximate surface area is 115 Å². The molecule has 1 fully saturated rings. The predicted octanol–water partition coefficient (Wildman–Crippen LogP) is 3.06. The molecule has 1 atom stereocenters. The van der Waals surface area contributed by atoms with Crippen molar-refractivity contribution in [3.05, 3.63) is 29.8 Å². The number of piperidine rings is 1. The number of hydrogen-bond acceptors (Lipinski definition) is 3. The van der Waals surface area contributed by atoms with Gasteiger partial charge in [0.05, 0.1) is 18.2 Å². The Bertz CT molecular complexity index is 433. The fourth-order valence-corrected chi connectivity index (χ4v) is 2.54. The van der Waals surface area contributed by atoms with Crippen LogP contribution in [0.1, 0.15) is 32.3 Å². The number of rotatable bonds is 4. The van der Waals surface area contributed by atoms with Crippen LogP contribution in [-0.2, 0) is 0 Å². The minimum absolute atomic E-state index is 0.617. The Morgan fingerprint density at radius 1 is 1.37 bits per heavy atom. The van der Waals surface area contributed by atoms with Crippen LogP contribution in [0.2, 0.25) is 0 Å². The fraction of sp³-hybridized carbons (Fsp3) is 0.562. The highest BCUT2D eigenvalue weighted by atomic mass is 16.5. The van der Waals surface area contributed by atoms with Crippen LogP contribution in [0.5, 0.6) is 5.75 Å². The summed E-state index contributed by atoms with van der Waals surface area (Å²) in [5.74, 6) is 1.48. The molecule has 1 heterocycles. The Morgan fingerprint density at radius 2 is 2.11 bits per heavy atom. The second kappa shape index (κ2) is 6.58. The monoisotopic (exact) mass is 258 g/mol. The second-order valence-corrected chi connectivity index (χ2v) is 5.54. The van der Waals surface area contributed by atoms with E-state index in [4.69, 9.17) is 10.00 Å². The van der Waals surface area contributed by atoms with Crippen molar-refractivity contribution in [3.63, 3.8) is 0 Å². The summed E-state index contributed by atoms with van der Waals surface area (Å²) < 4.78 is 5.84. The summed E-state index contributed by atoms with van der Waals surface area (Å²) >= 11 is 0. The average Bonchev–Trinajstić information content (AvgIpc) is 2.46. The maximum Gasteiger partial charge on any atom is 0.119 e. The molecular formula is C16H22N2O. The molecule has 19 heavy (non-hydrogen) atoms. The van der Waals surface area contributed by atoms with E-state index >= 15 is 0 Å². The summed E-state index contributed by atoms with van der Waals surface area (Å²) in [7, 11) is 0. The van der Waals surface area contributed by atoms with Gasteiger partial charge in [0.1, 0.15) is 5.75 Å². The van der Waals surface area contributed by atoms with Crippen LogP contribution >= 0.6 is 0 Å². The normalized spacial score (nSPS) is 20.2. The van der Waals surface area contributed by atoms with Gasteiger partial charge in [-0.3, -0.25) is 0 Å². The van der Waals surface area contributed by atoms with E-state index in [0.29, 0.717) is 17.5 Å². The van der Waals surface area contributed by atoms with Crippen molar-refractivity contribution in [2.24, 2.45) is 5.92 Å². The summed E-state index contributed by atoms with van der Waals surface area (Å²) in [6.45, 7) is 7.63. The highest BCUT2D eigenvalue weighted by molar-refractivity contribution is 5.34. The lowest BCUT2D eigenvalue weighted by Crippen LogP contribution is -2.41. The van der Waals surface area contributed by atoms with Gasteiger partial charge in [0, 0.05) is 18.5 Å². The maximum absolute atomic E-state index is 8.75. The molecule has 1 aliphatic rings.